The highest BCUT2D eigenvalue weighted by Gasteiger charge is 2.32. The molecule has 0 heterocycles. The summed E-state index contributed by atoms with van der Waals surface area (Å²) in [6.07, 6.45) is 0. The molecule has 12 heteroatoms. The molecule has 1 N–H and O–H groups in total. The number of hydrogen-bond donors (Lipinski definition) is 1. The molecular formula is C23H29Cl2FN4O4S. The van der Waals surface area contributed by atoms with Crippen molar-refractivity contribution in [2.24, 2.45) is 0 Å². The molecule has 0 aromatic heterocycles. The molecule has 0 aliphatic rings. The lowest BCUT2D eigenvalue weighted by Crippen LogP contribution is -2.53. The zero-order chi connectivity index (χ0) is 26.5. The van der Waals surface area contributed by atoms with Crippen LogP contribution in [0.2, 0.25) is 10.0 Å². The van der Waals surface area contributed by atoms with Crippen molar-refractivity contribution in [2.45, 2.75) is 39.4 Å². The van der Waals surface area contributed by atoms with Gasteiger partial charge in [0.05, 0.1) is 15.7 Å². The lowest BCUT2D eigenvalue weighted by molar-refractivity contribution is -0.139. The van der Waals surface area contributed by atoms with Gasteiger partial charge in [-0.25, -0.2) is 8.70 Å². The van der Waals surface area contributed by atoms with Crippen LogP contribution in [0.4, 0.5) is 10.1 Å². The maximum Gasteiger partial charge on any atom is 0.304 e. The summed E-state index contributed by atoms with van der Waals surface area (Å²) in [7, 11) is -1.48. The van der Waals surface area contributed by atoms with Gasteiger partial charge in [0.15, 0.2) is 0 Å². The monoisotopic (exact) mass is 546 g/mol. The van der Waals surface area contributed by atoms with Crippen LogP contribution >= 0.6 is 23.2 Å². The molecule has 0 unspecified atom stereocenters. The van der Waals surface area contributed by atoms with E-state index in [4.69, 9.17) is 23.2 Å². The highest BCUT2D eigenvalue weighted by atomic mass is 35.5. The standard InChI is InChI=1S/C23H29Cl2FN4O4S/c1-15(2)27-23(32)16(3)29(13-17-6-11-20(24)21(25)12-17)22(31)14-30(35(33,34)28(4)5)19-9-7-18(26)8-10-19/h6-12,15-16H,13-14H2,1-5H3,(H,27,32)/t16-/m0/s1. The summed E-state index contributed by atoms with van der Waals surface area (Å²) in [5.41, 5.74) is 0.697. The molecule has 35 heavy (non-hydrogen) atoms. The van der Waals surface area contributed by atoms with Gasteiger partial charge in [-0.3, -0.25) is 9.59 Å². The molecule has 1 atom stereocenters. The Morgan fingerprint density at radius 1 is 1.00 bits per heavy atom. The molecule has 0 fully saturated rings. The van der Waals surface area contributed by atoms with Gasteiger partial charge < -0.3 is 10.2 Å². The minimum atomic E-state index is -4.13. The van der Waals surface area contributed by atoms with Gasteiger partial charge in [0.2, 0.25) is 11.8 Å². The van der Waals surface area contributed by atoms with E-state index in [-0.39, 0.29) is 23.3 Å². The molecular weight excluding hydrogens is 518 g/mol. The van der Waals surface area contributed by atoms with Gasteiger partial charge in [0.25, 0.3) is 0 Å². The van der Waals surface area contributed by atoms with Gasteiger partial charge in [0, 0.05) is 26.7 Å². The fraction of sp³-hybridized carbons (Fsp3) is 0.391. The summed E-state index contributed by atoms with van der Waals surface area (Å²) in [6, 6.07) is 8.44. The molecule has 0 radical (unpaired) electrons. The summed E-state index contributed by atoms with van der Waals surface area (Å²) in [5.74, 6) is -1.60. The quantitative estimate of drug-likeness (QED) is 0.492. The molecule has 2 amide bonds. The summed E-state index contributed by atoms with van der Waals surface area (Å²) in [4.78, 5) is 27.6. The third-order valence-corrected chi connectivity index (χ3v) is 7.63. The Hall–Kier alpha value is -2.40. The Bertz CT molecular complexity index is 1160. The van der Waals surface area contributed by atoms with Crippen molar-refractivity contribution in [3.63, 3.8) is 0 Å². The van der Waals surface area contributed by atoms with Gasteiger partial charge in [0.1, 0.15) is 18.4 Å². The second-order valence-electron chi connectivity index (χ2n) is 8.38. The van der Waals surface area contributed by atoms with E-state index in [0.717, 1.165) is 20.7 Å². The van der Waals surface area contributed by atoms with E-state index in [1.807, 2.05) is 0 Å². The van der Waals surface area contributed by atoms with Gasteiger partial charge in [-0.1, -0.05) is 29.3 Å². The highest BCUT2D eigenvalue weighted by molar-refractivity contribution is 7.90. The number of halogens is 3. The van der Waals surface area contributed by atoms with Crippen LogP contribution in [0, 0.1) is 5.82 Å². The molecule has 0 spiro atoms. The summed E-state index contributed by atoms with van der Waals surface area (Å²) in [5, 5.41) is 3.37. The highest BCUT2D eigenvalue weighted by Crippen LogP contribution is 2.25. The van der Waals surface area contributed by atoms with Crippen LogP contribution in [-0.4, -0.2) is 62.2 Å². The number of hydrogen-bond acceptors (Lipinski definition) is 4. The van der Waals surface area contributed by atoms with Crippen molar-refractivity contribution < 1.29 is 22.4 Å². The Morgan fingerprint density at radius 3 is 2.11 bits per heavy atom. The van der Waals surface area contributed by atoms with E-state index in [1.54, 1.807) is 39.0 Å². The van der Waals surface area contributed by atoms with Crippen LogP contribution in [0.1, 0.15) is 26.3 Å². The van der Waals surface area contributed by atoms with E-state index < -0.39 is 40.4 Å². The molecule has 0 saturated heterocycles. The van der Waals surface area contributed by atoms with Crippen molar-refractivity contribution in [1.82, 2.24) is 14.5 Å². The number of nitrogens with one attached hydrogen (secondary N) is 1. The van der Waals surface area contributed by atoms with Crippen molar-refractivity contribution in [1.29, 1.82) is 0 Å². The maximum absolute atomic E-state index is 13.5. The van der Waals surface area contributed by atoms with E-state index in [9.17, 15) is 22.4 Å². The number of amides is 2. The number of carbonyl (C=O) groups excluding carboxylic acids is 2. The largest absolute Gasteiger partial charge is 0.352 e. The maximum atomic E-state index is 13.5. The predicted molar refractivity (Wildman–Crippen MR) is 136 cm³/mol. The first kappa shape index (κ1) is 28.8. The fourth-order valence-corrected chi connectivity index (χ4v) is 4.52. The Balaban J connectivity index is 2.47. The first-order valence-corrected chi connectivity index (χ1v) is 12.9. The van der Waals surface area contributed by atoms with Crippen LogP contribution in [0.3, 0.4) is 0 Å². The van der Waals surface area contributed by atoms with Crippen LogP contribution in [0.15, 0.2) is 42.5 Å². The minimum Gasteiger partial charge on any atom is -0.352 e. The molecule has 2 rings (SSSR count). The molecule has 192 valence electrons. The van der Waals surface area contributed by atoms with E-state index >= 15 is 0 Å². The molecule has 2 aromatic carbocycles. The second-order valence-corrected chi connectivity index (χ2v) is 11.3. The number of benzene rings is 2. The average molecular weight is 547 g/mol. The first-order chi connectivity index (χ1) is 16.2. The Morgan fingerprint density at radius 2 is 1.60 bits per heavy atom. The molecule has 0 bridgehead atoms. The van der Waals surface area contributed by atoms with Crippen molar-refractivity contribution in [3.8, 4) is 0 Å². The predicted octanol–water partition coefficient (Wildman–Crippen LogP) is 3.69. The lowest BCUT2D eigenvalue weighted by atomic mass is 10.1. The number of rotatable bonds is 10. The normalized spacial score (nSPS) is 12.5. The number of nitrogens with zero attached hydrogens (tertiary/aromatic N) is 3. The lowest BCUT2D eigenvalue weighted by Gasteiger charge is -2.33. The van der Waals surface area contributed by atoms with Crippen molar-refractivity contribution >= 4 is 50.9 Å². The van der Waals surface area contributed by atoms with Gasteiger partial charge in [-0.2, -0.15) is 12.7 Å². The summed E-state index contributed by atoms with van der Waals surface area (Å²) in [6.45, 7) is 4.48. The Labute approximate surface area is 215 Å². The van der Waals surface area contributed by atoms with Crippen LogP contribution in [0.25, 0.3) is 0 Å². The molecule has 0 saturated carbocycles. The number of carbonyl (C=O) groups is 2. The number of anilines is 1. The van der Waals surface area contributed by atoms with E-state index in [2.05, 4.69) is 5.32 Å². The molecule has 0 aliphatic heterocycles. The second kappa shape index (κ2) is 12.0. The molecule has 2 aromatic rings. The fourth-order valence-electron chi connectivity index (χ4n) is 3.15. The van der Waals surface area contributed by atoms with E-state index in [0.29, 0.717) is 10.6 Å². The van der Waals surface area contributed by atoms with Gasteiger partial charge in [-0.05, 0) is 62.7 Å². The third-order valence-electron chi connectivity index (χ3n) is 5.07. The van der Waals surface area contributed by atoms with Crippen molar-refractivity contribution in [2.75, 3.05) is 24.9 Å². The molecule has 0 aliphatic carbocycles. The molecule has 8 nitrogen and oxygen atoms in total. The van der Waals surface area contributed by atoms with Crippen LogP contribution in [0.5, 0.6) is 0 Å². The van der Waals surface area contributed by atoms with E-state index in [1.165, 1.54) is 31.1 Å². The van der Waals surface area contributed by atoms with Crippen LogP contribution in [-0.2, 0) is 26.3 Å². The summed E-state index contributed by atoms with van der Waals surface area (Å²) < 4.78 is 41.4. The first-order valence-electron chi connectivity index (χ1n) is 10.7. The third kappa shape index (κ3) is 7.54. The van der Waals surface area contributed by atoms with Crippen LogP contribution < -0.4 is 9.62 Å². The minimum absolute atomic E-state index is 0.0261. The van der Waals surface area contributed by atoms with Crippen molar-refractivity contribution in [3.05, 3.63) is 63.9 Å². The van der Waals surface area contributed by atoms with Gasteiger partial charge >= 0.3 is 10.2 Å². The average Bonchev–Trinajstić information content (AvgIpc) is 2.77. The SMILES string of the molecule is CC(C)NC(=O)[C@H](C)N(Cc1ccc(Cl)c(Cl)c1)C(=O)CN(c1ccc(F)cc1)S(=O)(=O)N(C)C. The Kier molecular flexibility index (Phi) is 9.91. The van der Waals surface area contributed by atoms with Gasteiger partial charge in [-0.15, -0.1) is 0 Å². The zero-order valence-corrected chi connectivity index (χ0v) is 22.5. The smallest absolute Gasteiger partial charge is 0.304 e. The summed E-state index contributed by atoms with van der Waals surface area (Å²) >= 11 is 12.1. The zero-order valence-electron chi connectivity index (χ0n) is 20.1. The topological polar surface area (TPSA) is 90.0 Å².